The van der Waals surface area contributed by atoms with Crippen molar-refractivity contribution < 1.29 is 0 Å². The lowest BCUT2D eigenvalue weighted by atomic mass is 9.83. The molecule has 2 aromatic carbocycles. The van der Waals surface area contributed by atoms with Crippen LogP contribution >= 0.6 is 0 Å². The molecule has 0 saturated carbocycles. The fraction of sp³-hybridized carbons (Fsp3) is 0.294. The number of hydrogen-bond donors (Lipinski definition) is 0. The Morgan fingerprint density at radius 1 is 0.765 bits per heavy atom. The molecule has 2 aromatic rings. The summed E-state index contributed by atoms with van der Waals surface area (Å²) < 4.78 is 0. The minimum atomic E-state index is 1.19. The van der Waals surface area contributed by atoms with Gasteiger partial charge in [0.1, 0.15) is 0 Å². The highest BCUT2D eigenvalue weighted by Gasteiger charge is 2.16. The van der Waals surface area contributed by atoms with Crippen LogP contribution in [0, 0.1) is 6.92 Å². The Bertz CT molecular complexity index is 509. The fourth-order valence-corrected chi connectivity index (χ4v) is 2.57. The van der Waals surface area contributed by atoms with E-state index in [0.717, 1.165) is 0 Å². The second-order valence-corrected chi connectivity index (χ2v) is 4.27. The van der Waals surface area contributed by atoms with Crippen LogP contribution in [0.4, 0.5) is 0 Å². The van der Waals surface area contributed by atoms with Gasteiger partial charge < -0.3 is 0 Å². The third kappa shape index (κ3) is 2.12. The summed E-state index contributed by atoms with van der Waals surface area (Å²) in [4.78, 5) is 0. The zero-order chi connectivity index (χ0) is 12.3. The maximum atomic E-state index is 2.26. The van der Waals surface area contributed by atoms with E-state index < -0.39 is 0 Å². The molecule has 0 heteroatoms. The lowest BCUT2D eigenvalue weighted by Crippen LogP contribution is -2.04. The van der Waals surface area contributed by atoms with Crippen LogP contribution in [0.15, 0.2) is 42.5 Å². The Labute approximate surface area is 104 Å². The Balaban J connectivity index is 0.000000514. The van der Waals surface area contributed by atoms with E-state index in [0.29, 0.717) is 0 Å². The zero-order valence-electron chi connectivity index (χ0n) is 11.0. The van der Waals surface area contributed by atoms with Crippen LogP contribution < -0.4 is 0 Å². The van der Waals surface area contributed by atoms with Gasteiger partial charge in [-0.3, -0.25) is 0 Å². The molecule has 0 aromatic heterocycles. The van der Waals surface area contributed by atoms with Crippen LogP contribution in [-0.4, -0.2) is 0 Å². The summed E-state index contributed by atoms with van der Waals surface area (Å²) >= 11 is 0. The Morgan fingerprint density at radius 3 is 2.24 bits per heavy atom. The highest BCUT2D eigenvalue weighted by atomic mass is 14.2. The van der Waals surface area contributed by atoms with E-state index in [1.54, 1.807) is 0 Å². The van der Waals surface area contributed by atoms with Crippen LogP contribution in [0.2, 0.25) is 0 Å². The lowest BCUT2D eigenvalue weighted by Gasteiger charge is -2.21. The van der Waals surface area contributed by atoms with E-state index in [-0.39, 0.29) is 0 Å². The summed E-state index contributed by atoms with van der Waals surface area (Å²) in [6.45, 7) is 6.21. The normalized spacial score (nSPS) is 11.9. The SMILES string of the molecule is CC.Cc1cccc2c1-c1ccccc1CC2. The molecule has 17 heavy (non-hydrogen) atoms. The number of aryl methyl sites for hydroxylation is 3. The summed E-state index contributed by atoms with van der Waals surface area (Å²) in [5, 5.41) is 0. The molecule has 0 radical (unpaired) electrons. The topological polar surface area (TPSA) is 0 Å². The predicted octanol–water partition coefficient (Wildman–Crippen LogP) is 4.79. The Kier molecular flexibility index (Phi) is 3.63. The first-order valence-corrected chi connectivity index (χ1v) is 6.53. The third-order valence-corrected chi connectivity index (χ3v) is 3.31. The smallest absolute Gasteiger partial charge is 0.0120 e. The van der Waals surface area contributed by atoms with Crippen molar-refractivity contribution in [1.82, 2.24) is 0 Å². The summed E-state index contributed by atoms with van der Waals surface area (Å²) in [7, 11) is 0. The van der Waals surface area contributed by atoms with Crippen molar-refractivity contribution in [3.63, 3.8) is 0 Å². The molecule has 0 amide bonds. The van der Waals surface area contributed by atoms with Crippen LogP contribution in [0.3, 0.4) is 0 Å². The molecular formula is C17H20. The van der Waals surface area contributed by atoms with Crippen molar-refractivity contribution in [2.24, 2.45) is 0 Å². The Hall–Kier alpha value is -1.56. The molecule has 0 fully saturated rings. The molecule has 0 aliphatic heterocycles. The summed E-state index contributed by atoms with van der Waals surface area (Å²) in [5.41, 5.74) is 7.32. The predicted molar refractivity (Wildman–Crippen MR) is 75.4 cm³/mol. The molecule has 0 unspecified atom stereocenters. The Morgan fingerprint density at radius 2 is 1.41 bits per heavy atom. The number of hydrogen-bond acceptors (Lipinski definition) is 0. The first-order valence-electron chi connectivity index (χ1n) is 6.53. The first-order chi connectivity index (χ1) is 8.36. The average Bonchev–Trinajstić information content (AvgIpc) is 2.41. The first kappa shape index (κ1) is 11.9. The number of rotatable bonds is 0. The van der Waals surface area contributed by atoms with Gasteiger partial charge in [0, 0.05) is 0 Å². The van der Waals surface area contributed by atoms with Gasteiger partial charge in [0.2, 0.25) is 0 Å². The molecule has 88 valence electrons. The van der Waals surface area contributed by atoms with Crippen LogP contribution in [0.5, 0.6) is 0 Å². The quantitative estimate of drug-likeness (QED) is 0.603. The van der Waals surface area contributed by atoms with Gasteiger partial charge in [-0.1, -0.05) is 56.3 Å². The highest BCUT2D eigenvalue weighted by Crippen LogP contribution is 2.35. The summed E-state index contributed by atoms with van der Waals surface area (Å²) in [6, 6.07) is 15.4. The second kappa shape index (κ2) is 5.18. The van der Waals surface area contributed by atoms with Crippen molar-refractivity contribution in [2.45, 2.75) is 33.6 Å². The summed E-state index contributed by atoms with van der Waals surface area (Å²) in [5.74, 6) is 0. The zero-order valence-corrected chi connectivity index (χ0v) is 11.0. The highest BCUT2D eigenvalue weighted by molar-refractivity contribution is 5.75. The molecular weight excluding hydrogens is 204 g/mol. The van der Waals surface area contributed by atoms with Crippen molar-refractivity contribution in [1.29, 1.82) is 0 Å². The van der Waals surface area contributed by atoms with Gasteiger partial charge in [-0.25, -0.2) is 0 Å². The number of benzene rings is 2. The molecule has 0 heterocycles. The second-order valence-electron chi connectivity index (χ2n) is 4.27. The fourth-order valence-electron chi connectivity index (χ4n) is 2.57. The van der Waals surface area contributed by atoms with Crippen molar-refractivity contribution in [2.75, 3.05) is 0 Å². The van der Waals surface area contributed by atoms with Crippen molar-refractivity contribution in [3.05, 3.63) is 59.2 Å². The van der Waals surface area contributed by atoms with Gasteiger partial charge in [-0.15, -0.1) is 0 Å². The molecule has 0 bridgehead atoms. The van der Waals surface area contributed by atoms with E-state index in [9.17, 15) is 0 Å². The molecule has 0 saturated heterocycles. The number of fused-ring (bicyclic) bond motifs is 3. The van der Waals surface area contributed by atoms with Crippen molar-refractivity contribution >= 4 is 0 Å². The molecule has 0 nitrogen and oxygen atoms in total. The minimum absolute atomic E-state index is 1.19. The van der Waals surface area contributed by atoms with Gasteiger partial charge in [0.05, 0.1) is 0 Å². The molecule has 3 rings (SSSR count). The van der Waals surface area contributed by atoms with Crippen LogP contribution in [0.1, 0.15) is 30.5 Å². The maximum Gasteiger partial charge on any atom is -0.0120 e. The molecule has 0 atom stereocenters. The molecule has 0 N–H and O–H groups in total. The maximum absolute atomic E-state index is 2.26. The van der Waals surface area contributed by atoms with E-state index in [4.69, 9.17) is 0 Å². The largest absolute Gasteiger partial charge is 0.0683 e. The average molecular weight is 224 g/mol. The summed E-state index contributed by atoms with van der Waals surface area (Å²) in [6.07, 6.45) is 2.38. The van der Waals surface area contributed by atoms with Gasteiger partial charge in [0.15, 0.2) is 0 Å². The van der Waals surface area contributed by atoms with E-state index in [2.05, 4.69) is 49.4 Å². The standard InChI is InChI=1S/C15H14.C2H6/c1-11-5-4-7-13-10-9-12-6-2-3-8-14(12)15(11)13;1-2/h2-8H,9-10H2,1H3;1-2H3. The van der Waals surface area contributed by atoms with E-state index >= 15 is 0 Å². The lowest BCUT2D eigenvalue weighted by molar-refractivity contribution is 0.939. The minimum Gasteiger partial charge on any atom is -0.0683 e. The molecule has 1 aliphatic rings. The molecule has 0 spiro atoms. The monoisotopic (exact) mass is 224 g/mol. The van der Waals surface area contributed by atoms with Crippen LogP contribution in [-0.2, 0) is 12.8 Å². The van der Waals surface area contributed by atoms with Gasteiger partial charge in [0.25, 0.3) is 0 Å². The molecule has 1 aliphatic carbocycles. The van der Waals surface area contributed by atoms with Gasteiger partial charge in [-0.05, 0) is 47.6 Å². The van der Waals surface area contributed by atoms with Crippen molar-refractivity contribution in [3.8, 4) is 11.1 Å². The van der Waals surface area contributed by atoms with Gasteiger partial charge >= 0.3 is 0 Å². The van der Waals surface area contributed by atoms with E-state index in [1.165, 1.54) is 40.7 Å². The third-order valence-electron chi connectivity index (χ3n) is 3.31. The van der Waals surface area contributed by atoms with E-state index in [1.807, 2.05) is 13.8 Å². The van der Waals surface area contributed by atoms with Gasteiger partial charge in [-0.2, -0.15) is 0 Å². The van der Waals surface area contributed by atoms with Crippen LogP contribution in [0.25, 0.3) is 11.1 Å².